The van der Waals surface area contributed by atoms with Gasteiger partial charge in [-0.15, -0.1) is 0 Å². The fourth-order valence-electron chi connectivity index (χ4n) is 3.08. The Morgan fingerprint density at radius 2 is 2.04 bits per heavy atom. The fraction of sp³-hybridized carbons (Fsp3) is 0.368. The highest BCUT2D eigenvalue weighted by molar-refractivity contribution is 8.03. The third kappa shape index (κ3) is 3.55. The summed E-state index contributed by atoms with van der Waals surface area (Å²) in [5, 5.41) is 12.6. The van der Waals surface area contributed by atoms with Crippen LogP contribution in [0.4, 0.5) is 4.39 Å². The van der Waals surface area contributed by atoms with Crippen LogP contribution in [0.2, 0.25) is 0 Å². The highest BCUT2D eigenvalue weighted by Crippen LogP contribution is 2.45. The third-order valence-corrected chi connectivity index (χ3v) is 5.83. The smallest absolute Gasteiger partial charge is 0.254 e. The molecule has 0 spiro atoms. The van der Waals surface area contributed by atoms with Crippen molar-refractivity contribution in [2.24, 2.45) is 0 Å². The van der Waals surface area contributed by atoms with E-state index in [9.17, 15) is 14.3 Å². The van der Waals surface area contributed by atoms with E-state index in [1.165, 1.54) is 23.9 Å². The van der Waals surface area contributed by atoms with Crippen molar-refractivity contribution >= 4 is 11.8 Å². The third-order valence-electron chi connectivity index (χ3n) is 4.59. The zero-order chi connectivity index (χ0) is 18.0. The average molecular weight is 360 g/mol. The second-order valence-corrected chi connectivity index (χ2v) is 7.37. The first kappa shape index (κ1) is 17.9. The number of aromatic amines is 1. The number of aromatic nitrogens is 2. The first-order valence-corrected chi connectivity index (χ1v) is 9.28. The highest BCUT2D eigenvalue weighted by atomic mass is 32.2. The van der Waals surface area contributed by atoms with Crippen molar-refractivity contribution in [2.75, 3.05) is 0 Å². The van der Waals surface area contributed by atoms with Gasteiger partial charge in [0.2, 0.25) is 0 Å². The first-order valence-electron chi connectivity index (χ1n) is 8.40. The van der Waals surface area contributed by atoms with Crippen LogP contribution >= 0.6 is 11.8 Å². The molecule has 6 heteroatoms. The van der Waals surface area contributed by atoms with E-state index in [0.717, 1.165) is 5.56 Å². The molecule has 2 N–H and O–H groups in total. The van der Waals surface area contributed by atoms with Crippen LogP contribution in [0.25, 0.3) is 0 Å². The Bertz CT molecular complexity index is 847. The molecule has 0 saturated heterocycles. The van der Waals surface area contributed by atoms with Crippen LogP contribution < -0.4 is 5.56 Å². The van der Waals surface area contributed by atoms with E-state index in [0.29, 0.717) is 36.3 Å². The Labute approximate surface area is 150 Å². The van der Waals surface area contributed by atoms with E-state index in [4.69, 9.17) is 0 Å². The number of nitrogens with one attached hydrogen (secondary N) is 1. The van der Waals surface area contributed by atoms with Gasteiger partial charge in [0, 0.05) is 12.0 Å². The average Bonchev–Trinajstić information content (AvgIpc) is 2.99. The molecule has 1 aromatic heterocycles. The second-order valence-electron chi connectivity index (χ2n) is 6.16. The van der Waals surface area contributed by atoms with Crippen LogP contribution in [-0.4, -0.2) is 20.0 Å². The summed E-state index contributed by atoms with van der Waals surface area (Å²) in [6.07, 6.45) is 3.43. The van der Waals surface area contributed by atoms with Crippen molar-refractivity contribution in [3.05, 3.63) is 74.6 Å². The molecular formula is C19H21FN2O2S. The zero-order valence-electron chi connectivity index (χ0n) is 14.3. The summed E-state index contributed by atoms with van der Waals surface area (Å²) in [6.45, 7) is 3.82. The van der Waals surface area contributed by atoms with Gasteiger partial charge in [0.05, 0.1) is 11.6 Å². The van der Waals surface area contributed by atoms with Crippen LogP contribution in [0.5, 0.6) is 0 Å². The number of hydrogen-bond donors (Lipinski definition) is 2. The normalized spacial score (nSPS) is 22.5. The van der Waals surface area contributed by atoms with E-state index in [2.05, 4.69) is 9.97 Å². The molecule has 2 aromatic rings. The molecule has 3 rings (SSSR count). The minimum atomic E-state index is -0.989. The molecule has 0 saturated carbocycles. The Morgan fingerprint density at radius 1 is 1.32 bits per heavy atom. The van der Waals surface area contributed by atoms with Gasteiger partial charge in [0.15, 0.2) is 0 Å². The Kier molecular flexibility index (Phi) is 5.11. The maximum absolute atomic E-state index is 13.1. The number of aliphatic hydroxyl groups is 1. The molecule has 0 aliphatic carbocycles. The van der Waals surface area contributed by atoms with Crippen LogP contribution in [0.15, 0.2) is 40.5 Å². The molecule has 1 aromatic carbocycles. The molecule has 2 heterocycles. The number of thioether (sulfide) groups is 1. The van der Waals surface area contributed by atoms with Gasteiger partial charge in [0.1, 0.15) is 16.6 Å². The number of rotatable bonds is 5. The zero-order valence-corrected chi connectivity index (χ0v) is 15.1. The second kappa shape index (κ2) is 7.14. The number of nitrogens with zero attached hydrogens (tertiary/aromatic N) is 1. The predicted octanol–water partition coefficient (Wildman–Crippen LogP) is 3.50. The van der Waals surface area contributed by atoms with Crippen molar-refractivity contribution in [1.29, 1.82) is 0 Å². The lowest BCUT2D eigenvalue weighted by Gasteiger charge is -2.27. The van der Waals surface area contributed by atoms with E-state index < -0.39 is 4.93 Å². The van der Waals surface area contributed by atoms with Gasteiger partial charge >= 0.3 is 0 Å². The van der Waals surface area contributed by atoms with E-state index in [-0.39, 0.29) is 17.3 Å². The Morgan fingerprint density at radius 3 is 2.68 bits per heavy atom. The van der Waals surface area contributed by atoms with E-state index in [1.54, 1.807) is 12.1 Å². The Balaban J connectivity index is 2.02. The van der Waals surface area contributed by atoms with Crippen LogP contribution in [0, 0.1) is 5.82 Å². The van der Waals surface area contributed by atoms with Gasteiger partial charge in [-0.05, 0) is 35.9 Å². The molecule has 132 valence electrons. The topological polar surface area (TPSA) is 66.0 Å². The molecule has 1 aliphatic rings. The monoisotopic (exact) mass is 360 g/mol. The van der Waals surface area contributed by atoms with Gasteiger partial charge in [-0.2, -0.15) is 0 Å². The standard InChI is InChI=1S/C19H21FN2O2S/c1-3-14-16(11-12-5-7-13(20)8-6-12)21-17(22-18(14)23)15-9-10-25-19(15,24)4-2/h5-10,15,24H,3-4,11H2,1-2H3,(H,21,22,23). The predicted molar refractivity (Wildman–Crippen MR) is 98.2 cm³/mol. The first-order chi connectivity index (χ1) is 12.0. The SMILES string of the molecule is CCc1c(Cc2ccc(F)cc2)nc(C2C=CSC2(O)CC)[nH]c1=O. The molecule has 2 atom stereocenters. The minimum absolute atomic E-state index is 0.173. The summed E-state index contributed by atoms with van der Waals surface area (Å²) in [5.41, 5.74) is 2.02. The maximum Gasteiger partial charge on any atom is 0.254 e. The van der Waals surface area contributed by atoms with Gasteiger partial charge in [-0.25, -0.2) is 9.37 Å². The summed E-state index contributed by atoms with van der Waals surface area (Å²) >= 11 is 1.35. The van der Waals surface area contributed by atoms with Crippen LogP contribution in [-0.2, 0) is 12.8 Å². The maximum atomic E-state index is 13.1. The molecule has 0 fully saturated rings. The number of benzene rings is 1. The minimum Gasteiger partial charge on any atom is -0.378 e. The molecule has 0 radical (unpaired) electrons. The molecule has 0 amide bonds. The Hall–Kier alpha value is -1.92. The summed E-state index contributed by atoms with van der Waals surface area (Å²) in [4.78, 5) is 19.1. The van der Waals surface area contributed by atoms with Crippen molar-refractivity contribution < 1.29 is 9.50 Å². The largest absolute Gasteiger partial charge is 0.378 e. The number of H-pyrrole nitrogens is 1. The number of halogens is 1. The van der Waals surface area contributed by atoms with Crippen molar-refractivity contribution in [3.8, 4) is 0 Å². The fourth-order valence-corrected chi connectivity index (χ4v) is 4.06. The highest BCUT2D eigenvalue weighted by Gasteiger charge is 2.40. The van der Waals surface area contributed by atoms with E-state index in [1.807, 2.05) is 25.3 Å². The summed E-state index contributed by atoms with van der Waals surface area (Å²) in [6, 6.07) is 6.21. The molecular weight excluding hydrogens is 339 g/mol. The van der Waals surface area contributed by atoms with Crippen molar-refractivity contribution in [1.82, 2.24) is 9.97 Å². The molecule has 0 bridgehead atoms. The summed E-state index contributed by atoms with van der Waals surface area (Å²) in [7, 11) is 0. The van der Waals surface area contributed by atoms with E-state index >= 15 is 0 Å². The quantitative estimate of drug-likeness (QED) is 0.856. The molecule has 4 nitrogen and oxygen atoms in total. The molecule has 25 heavy (non-hydrogen) atoms. The van der Waals surface area contributed by atoms with Crippen molar-refractivity contribution in [3.63, 3.8) is 0 Å². The molecule has 1 aliphatic heterocycles. The van der Waals surface area contributed by atoms with Crippen molar-refractivity contribution in [2.45, 2.75) is 44.0 Å². The van der Waals surface area contributed by atoms with Gasteiger partial charge in [-0.1, -0.05) is 43.8 Å². The van der Waals surface area contributed by atoms with Crippen LogP contribution in [0.1, 0.15) is 48.8 Å². The van der Waals surface area contributed by atoms with Gasteiger partial charge in [0.25, 0.3) is 5.56 Å². The molecule has 2 unspecified atom stereocenters. The summed E-state index contributed by atoms with van der Waals surface area (Å²) < 4.78 is 13.1. The lowest BCUT2D eigenvalue weighted by molar-refractivity contribution is 0.118. The summed E-state index contributed by atoms with van der Waals surface area (Å²) in [5.74, 6) is -0.168. The van der Waals surface area contributed by atoms with Gasteiger partial charge < -0.3 is 10.1 Å². The number of hydrogen-bond acceptors (Lipinski definition) is 4. The van der Waals surface area contributed by atoms with Gasteiger partial charge in [-0.3, -0.25) is 4.79 Å². The lowest BCUT2D eigenvalue weighted by atomic mass is 9.97. The van der Waals surface area contributed by atoms with Crippen LogP contribution in [0.3, 0.4) is 0 Å². The lowest BCUT2D eigenvalue weighted by Crippen LogP contribution is -2.31.